The SMILES string of the molecule is CCCCN1CCC2(CCCC2)C1. The van der Waals surface area contributed by atoms with Gasteiger partial charge in [-0.1, -0.05) is 26.2 Å². The summed E-state index contributed by atoms with van der Waals surface area (Å²) in [5.74, 6) is 0. The Balaban J connectivity index is 1.79. The minimum atomic E-state index is 0.785. The Morgan fingerprint density at radius 1 is 1.15 bits per heavy atom. The van der Waals surface area contributed by atoms with Crippen LogP contribution < -0.4 is 0 Å². The summed E-state index contributed by atoms with van der Waals surface area (Å²) in [4.78, 5) is 2.70. The fourth-order valence-corrected chi connectivity index (χ4v) is 3.13. The molecule has 0 radical (unpaired) electrons. The second-order valence-corrected chi connectivity index (χ2v) is 5.09. The third-order valence-electron chi connectivity index (χ3n) is 4.01. The van der Waals surface area contributed by atoms with E-state index in [9.17, 15) is 0 Å². The zero-order valence-corrected chi connectivity index (χ0v) is 9.02. The van der Waals surface area contributed by atoms with Gasteiger partial charge in [-0.15, -0.1) is 0 Å². The van der Waals surface area contributed by atoms with E-state index in [1.165, 1.54) is 64.6 Å². The zero-order chi connectivity index (χ0) is 9.15. The lowest BCUT2D eigenvalue weighted by atomic mass is 9.86. The Bertz CT molecular complexity index is 159. The van der Waals surface area contributed by atoms with Gasteiger partial charge >= 0.3 is 0 Å². The molecule has 0 atom stereocenters. The molecule has 1 heteroatoms. The molecule has 0 unspecified atom stereocenters. The van der Waals surface area contributed by atoms with Crippen molar-refractivity contribution in [1.29, 1.82) is 0 Å². The first-order valence-electron chi connectivity index (χ1n) is 6.07. The van der Waals surface area contributed by atoms with Gasteiger partial charge in [0.05, 0.1) is 0 Å². The first kappa shape index (κ1) is 9.51. The molecule has 2 rings (SSSR count). The van der Waals surface area contributed by atoms with Crippen LogP contribution in [0.1, 0.15) is 51.9 Å². The molecular formula is C12H23N. The van der Waals surface area contributed by atoms with Crippen LogP contribution in [0.25, 0.3) is 0 Å². The first-order chi connectivity index (χ1) is 6.35. The number of hydrogen-bond donors (Lipinski definition) is 0. The lowest BCUT2D eigenvalue weighted by Crippen LogP contribution is -2.25. The van der Waals surface area contributed by atoms with E-state index in [0.717, 1.165) is 5.41 Å². The molecule has 13 heavy (non-hydrogen) atoms. The van der Waals surface area contributed by atoms with Crippen molar-refractivity contribution in [2.45, 2.75) is 51.9 Å². The van der Waals surface area contributed by atoms with Gasteiger partial charge in [-0.2, -0.15) is 0 Å². The number of nitrogens with zero attached hydrogens (tertiary/aromatic N) is 1. The molecule has 0 amide bonds. The van der Waals surface area contributed by atoms with Gasteiger partial charge in [-0.3, -0.25) is 0 Å². The fraction of sp³-hybridized carbons (Fsp3) is 1.00. The van der Waals surface area contributed by atoms with E-state index >= 15 is 0 Å². The van der Waals surface area contributed by atoms with Crippen molar-refractivity contribution in [2.75, 3.05) is 19.6 Å². The molecule has 0 bridgehead atoms. The Labute approximate surface area is 82.5 Å². The van der Waals surface area contributed by atoms with Gasteiger partial charge in [0.2, 0.25) is 0 Å². The minimum absolute atomic E-state index is 0.785. The number of unbranched alkanes of at least 4 members (excludes halogenated alkanes) is 1. The van der Waals surface area contributed by atoms with Crippen molar-refractivity contribution in [1.82, 2.24) is 4.90 Å². The normalized spacial score (nSPS) is 27.5. The van der Waals surface area contributed by atoms with E-state index < -0.39 is 0 Å². The van der Waals surface area contributed by atoms with Gasteiger partial charge in [0.15, 0.2) is 0 Å². The second-order valence-electron chi connectivity index (χ2n) is 5.09. The van der Waals surface area contributed by atoms with Crippen LogP contribution in [0.4, 0.5) is 0 Å². The average Bonchev–Trinajstić information content (AvgIpc) is 2.74. The fourth-order valence-electron chi connectivity index (χ4n) is 3.13. The second kappa shape index (κ2) is 4.00. The van der Waals surface area contributed by atoms with Crippen molar-refractivity contribution in [2.24, 2.45) is 5.41 Å². The van der Waals surface area contributed by atoms with Gasteiger partial charge in [-0.25, -0.2) is 0 Å². The average molecular weight is 181 g/mol. The molecule has 2 fully saturated rings. The molecule has 0 N–H and O–H groups in total. The van der Waals surface area contributed by atoms with Crippen LogP contribution in [0, 0.1) is 5.41 Å². The van der Waals surface area contributed by atoms with Crippen LogP contribution in [0.5, 0.6) is 0 Å². The molecule has 0 aromatic carbocycles. The quantitative estimate of drug-likeness (QED) is 0.647. The van der Waals surface area contributed by atoms with Crippen LogP contribution in [-0.4, -0.2) is 24.5 Å². The van der Waals surface area contributed by atoms with E-state index in [0.29, 0.717) is 0 Å². The summed E-state index contributed by atoms with van der Waals surface area (Å²) >= 11 is 0. The number of rotatable bonds is 3. The molecule has 1 aliphatic heterocycles. The Kier molecular flexibility index (Phi) is 2.92. The molecule has 1 saturated heterocycles. The van der Waals surface area contributed by atoms with Gasteiger partial charge in [-0.05, 0) is 44.2 Å². The highest BCUT2D eigenvalue weighted by molar-refractivity contribution is 4.92. The number of likely N-dealkylation sites (tertiary alicyclic amines) is 1. The molecule has 0 aromatic heterocycles. The summed E-state index contributed by atoms with van der Waals surface area (Å²) in [6, 6.07) is 0. The summed E-state index contributed by atoms with van der Waals surface area (Å²) in [6.45, 7) is 6.46. The van der Waals surface area contributed by atoms with Crippen LogP contribution in [-0.2, 0) is 0 Å². The maximum absolute atomic E-state index is 2.70. The van der Waals surface area contributed by atoms with Crippen LogP contribution in [0.2, 0.25) is 0 Å². The highest BCUT2D eigenvalue weighted by Crippen LogP contribution is 2.45. The van der Waals surface area contributed by atoms with Crippen molar-refractivity contribution in [3.8, 4) is 0 Å². The van der Waals surface area contributed by atoms with E-state index in [2.05, 4.69) is 11.8 Å². The minimum Gasteiger partial charge on any atom is -0.303 e. The van der Waals surface area contributed by atoms with E-state index in [1.54, 1.807) is 0 Å². The summed E-state index contributed by atoms with van der Waals surface area (Å²) < 4.78 is 0. The predicted octanol–water partition coefficient (Wildman–Crippen LogP) is 3.05. The molecule has 1 spiro atoms. The van der Waals surface area contributed by atoms with Gasteiger partial charge in [0.1, 0.15) is 0 Å². The lowest BCUT2D eigenvalue weighted by Gasteiger charge is -2.23. The summed E-state index contributed by atoms with van der Waals surface area (Å²) in [5, 5.41) is 0. The monoisotopic (exact) mass is 181 g/mol. The molecule has 1 aliphatic carbocycles. The van der Waals surface area contributed by atoms with Gasteiger partial charge < -0.3 is 4.90 Å². The molecule has 1 saturated carbocycles. The summed E-state index contributed by atoms with van der Waals surface area (Å²) in [7, 11) is 0. The van der Waals surface area contributed by atoms with Crippen LogP contribution in [0.3, 0.4) is 0 Å². The van der Waals surface area contributed by atoms with E-state index in [4.69, 9.17) is 0 Å². The van der Waals surface area contributed by atoms with Crippen LogP contribution in [0.15, 0.2) is 0 Å². The van der Waals surface area contributed by atoms with Gasteiger partial charge in [0.25, 0.3) is 0 Å². The number of hydrogen-bond acceptors (Lipinski definition) is 1. The lowest BCUT2D eigenvalue weighted by molar-refractivity contribution is 0.259. The maximum Gasteiger partial charge on any atom is 0.00384 e. The summed E-state index contributed by atoms with van der Waals surface area (Å²) in [5.41, 5.74) is 0.785. The predicted molar refractivity (Wildman–Crippen MR) is 56.9 cm³/mol. The molecule has 1 nitrogen and oxygen atoms in total. The first-order valence-corrected chi connectivity index (χ1v) is 6.07. The molecule has 0 aromatic rings. The maximum atomic E-state index is 2.70. The topological polar surface area (TPSA) is 3.24 Å². The largest absolute Gasteiger partial charge is 0.303 e. The highest BCUT2D eigenvalue weighted by atomic mass is 15.2. The Morgan fingerprint density at radius 2 is 1.92 bits per heavy atom. The summed E-state index contributed by atoms with van der Waals surface area (Å²) in [6.07, 6.45) is 10.3. The van der Waals surface area contributed by atoms with Gasteiger partial charge in [0, 0.05) is 6.54 Å². The Hall–Kier alpha value is -0.0400. The molecule has 76 valence electrons. The zero-order valence-electron chi connectivity index (χ0n) is 9.02. The van der Waals surface area contributed by atoms with Crippen molar-refractivity contribution in [3.05, 3.63) is 0 Å². The third-order valence-corrected chi connectivity index (χ3v) is 4.01. The van der Waals surface area contributed by atoms with Crippen LogP contribution >= 0.6 is 0 Å². The highest BCUT2D eigenvalue weighted by Gasteiger charge is 2.39. The van der Waals surface area contributed by atoms with E-state index in [-0.39, 0.29) is 0 Å². The van der Waals surface area contributed by atoms with E-state index in [1.807, 2.05) is 0 Å². The van der Waals surface area contributed by atoms with Crippen molar-refractivity contribution in [3.63, 3.8) is 0 Å². The van der Waals surface area contributed by atoms with Crippen molar-refractivity contribution >= 4 is 0 Å². The molecular weight excluding hydrogens is 158 g/mol. The third kappa shape index (κ3) is 2.07. The van der Waals surface area contributed by atoms with Crippen molar-refractivity contribution < 1.29 is 0 Å². The standard InChI is InChI=1S/C12H23N/c1-2-3-9-13-10-8-12(11-13)6-4-5-7-12/h2-11H2,1H3. The molecule has 1 heterocycles. The smallest absolute Gasteiger partial charge is 0.00384 e. The molecule has 2 aliphatic rings. The Morgan fingerprint density at radius 3 is 2.62 bits per heavy atom.